The number of nitrogens with two attached hydrogens (primary N) is 1. The second kappa shape index (κ2) is 6.85. The largest absolute Gasteiger partial charge is 0.497 e. The summed E-state index contributed by atoms with van der Waals surface area (Å²) in [6.07, 6.45) is 3.65. The monoisotopic (exact) mass is 476 g/mol. The van der Waals surface area contributed by atoms with E-state index >= 15 is 0 Å². The van der Waals surface area contributed by atoms with E-state index < -0.39 is 2.14 Å². The molecule has 0 spiro atoms. The minimum atomic E-state index is -0.729. The lowest BCUT2D eigenvalue weighted by atomic mass is 10.2. The van der Waals surface area contributed by atoms with E-state index in [-0.39, 0.29) is 5.95 Å². The maximum Gasteiger partial charge on any atom is 0.223 e. The molecule has 0 radical (unpaired) electrons. The zero-order valence-electron chi connectivity index (χ0n) is 10.9. The lowest BCUT2D eigenvalue weighted by Crippen LogP contribution is -2.10. The van der Waals surface area contributed by atoms with Gasteiger partial charge in [0.25, 0.3) is 0 Å². The van der Waals surface area contributed by atoms with Gasteiger partial charge in [-0.15, -0.1) is 0 Å². The number of benzene rings is 1. The fourth-order valence-electron chi connectivity index (χ4n) is 1.50. The van der Waals surface area contributed by atoms with Gasteiger partial charge in [0, 0.05) is 0 Å². The smallest absolute Gasteiger partial charge is 0.223 e. The number of hydrogen-bond acceptors (Lipinski definition) is 5. The van der Waals surface area contributed by atoms with Gasteiger partial charge in [-0.05, 0) is 23.8 Å². The lowest BCUT2D eigenvalue weighted by molar-refractivity contribution is 0.415. The van der Waals surface area contributed by atoms with Crippen LogP contribution in [0.5, 0.6) is 5.75 Å². The predicted molar refractivity (Wildman–Crippen MR) is 94.6 cm³/mol. The molecule has 21 heavy (non-hydrogen) atoms. The molecule has 2 rings (SSSR count). The zero-order valence-corrected chi connectivity index (χ0v) is 15.7. The highest BCUT2D eigenvalue weighted by Crippen LogP contribution is 2.42. The van der Waals surface area contributed by atoms with Gasteiger partial charge in [-0.25, -0.2) is 4.98 Å². The summed E-state index contributed by atoms with van der Waals surface area (Å²) < 4.78 is 4.38. The molecule has 0 bridgehead atoms. The van der Waals surface area contributed by atoms with Crippen LogP contribution in [0, 0.1) is 0 Å². The number of methoxy groups -OCH3 is 1. The second-order valence-electron chi connectivity index (χ2n) is 3.98. The number of nitrogens with zero attached hydrogens (tertiary/aromatic N) is 3. The van der Waals surface area contributed by atoms with E-state index in [1.165, 1.54) is 0 Å². The normalized spacial score (nSPS) is 11.8. The molecule has 2 N–H and O–H groups in total. The number of halogens is 3. The molecule has 8 heteroatoms. The number of nitrogen functional groups attached to an aromatic ring is 1. The molecule has 0 unspecified atom stereocenters. The van der Waals surface area contributed by atoms with Gasteiger partial charge in [-0.1, -0.05) is 66.0 Å². The minimum Gasteiger partial charge on any atom is -0.497 e. The Labute approximate surface area is 147 Å². The van der Waals surface area contributed by atoms with Crippen molar-refractivity contribution >= 4 is 65.9 Å². The molecule has 1 aromatic carbocycles. The quantitative estimate of drug-likeness (QED) is 0.677. The van der Waals surface area contributed by atoms with Crippen LogP contribution in [-0.2, 0) is 2.14 Å². The molecule has 0 atom stereocenters. The number of ether oxygens (including phenoxy) is 1. The zero-order chi connectivity index (χ0) is 15.5. The van der Waals surface area contributed by atoms with Crippen molar-refractivity contribution in [3.63, 3.8) is 0 Å². The fraction of sp³-hybridized carbons (Fsp3) is 0.154. The van der Waals surface area contributed by atoms with Gasteiger partial charge in [-0.3, -0.25) is 0 Å². The molecule has 0 aliphatic carbocycles. The third kappa shape index (κ3) is 4.76. The molecule has 0 fully saturated rings. The van der Waals surface area contributed by atoms with Gasteiger partial charge in [-0.2, -0.15) is 9.97 Å². The third-order valence-corrected chi connectivity index (χ3v) is 3.53. The first-order valence-electron chi connectivity index (χ1n) is 5.79. The Hall–Kier alpha value is -0.990. The highest BCUT2D eigenvalue weighted by molar-refractivity contribution is 9.38. The molecule has 0 saturated heterocycles. The van der Waals surface area contributed by atoms with Crippen LogP contribution in [0.2, 0.25) is 0 Å². The highest BCUT2D eigenvalue weighted by Gasteiger charge is 2.25. The number of anilines is 1. The van der Waals surface area contributed by atoms with Crippen LogP contribution < -0.4 is 10.5 Å². The van der Waals surface area contributed by atoms with Crippen molar-refractivity contribution in [3.05, 3.63) is 41.5 Å². The van der Waals surface area contributed by atoms with Crippen molar-refractivity contribution in [2.45, 2.75) is 2.14 Å². The van der Waals surface area contributed by atoms with Crippen LogP contribution in [0.25, 0.3) is 12.2 Å². The number of rotatable bonds is 3. The molecule has 0 aliphatic heterocycles. The Morgan fingerprint density at radius 3 is 2.29 bits per heavy atom. The first-order valence-corrected chi connectivity index (χ1v) is 8.17. The van der Waals surface area contributed by atoms with Crippen LogP contribution in [0.1, 0.15) is 17.2 Å². The summed E-state index contributed by atoms with van der Waals surface area (Å²) in [5, 5.41) is 0. The van der Waals surface area contributed by atoms with Gasteiger partial charge >= 0.3 is 0 Å². The van der Waals surface area contributed by atoms with Crippen LogP contribution in [0.3, 0.4) is 0 Å². The second-order valence-corrected chi connectivity index (χ2v) is 10.7. The summed E-state index contributed by atoms with van der Waals surface area (Å²) in [6.45, 7) is 0. The van der Waals surface area contributed by atoms with Crippen LogP contribution in [-0.4, -0.2) is 22.1 Å². The van der Waals surface area contributed by atoms with Crippen molar-refractivity contribution in [2.24, 2.45) is 0 Å². The van der Waals surface area contributed by atoms with Crippen LogP contribution in [0.4, 0.5) is 5.95 Å². The molecule has 110 valence electrons. The average molecular weight is 479 g/mol. The van der Waals surface area contributed by atoms with Crippen LogP contribution in [0.15, 0.2) is 24.3 Å². The van der Waals surface area contributed by atoms with E-state index in [4.69, 9.17) is 10.5 Å². The molecular weight excluding hydrogens is 468 g/mol. The van der Waals surface area contributed by atoms with Crippen molar-refractivity contribution < 1.29 is 4.74 Å². The number of aromatic nitrogens is 3. The summed E-state index contributed by atoms with van der Waals surface area (Å²) in [4.78, 5) is 12.4. The molecule has 1 aromatic heterocycles. The minimum absolute atomic E-state index is 0.150. The van der Waals surface area contributed by atoms with Crippen molar-refractivity contribution in [1.82, 2.24) is 15.0 Å². The number of hydrogen-bond donors (Lipinski definition) is 1. The van der Waals surface area contributed by atoms with Gasteiger partial charge < -0.3 is 10.5 Å². The standard InChI is InChI=1S/C13H11Br3N4O/c1-21-9-5-2-8(3-6-9)4-7-10-18-11(13(14,15)16)20-12(17)19-10/h2-7H,1H3,(H2,17,18,19,20). The molecule has 0 amide bonds. The summed E-state index contributed by atoms with van der Waals surface area (Å²) in [5.74, 6) is 1.86. The Morgan fingerprint density at radius 2 is 1.71 bits per heavy atom. The van der Waals surface area contributed by atoms with Gasteiger partial charge in [0.05, 0.1) is 7.11 Å². The maximum absolute atomic E-state index is 5.69. The Balaban J connectivity index is 2.25. The van der Waals surface area contributed by atoms with E-state index in [0.29, 0.717) is 11.6 Å². The molecule has 1 heterocycles. The third-order valence-electron chi connectivity index (χ3n) is 2.46. The fourth-order valence-corrected chi connectivity index (χ4v) is 2.03. The molecule has 2 aromatic rings. The van der Waals surface area contributed by atoms with Gasteiger partial charge in [0.1, 0.15) is 5.75 Å². The Bertz CT molecular complexity index is 653. The van der Waals surface area contributed by atoms with Crippen LogP contribution >= 0.6 is 47.8 Å². The predicted octanol–water partition coefficient (Wildman–Crippen LogP) is 3.93. The van der Waals surface area contributed by atoms with Crippen molar-refractivity contribution in [3.8, 4) is 5.75 Å². The first kappa shape index (κ1) is 16.4. The topological polar surface area (TPSA) is 73.9 Å². The SMILES string of the molecule is COc1ccc(C=Cc2nc(N)nc(C(Br)(Br)Br)n2)cc1. The van der Waals surface area contributed by atoms with E-state index in [2.05, 4.69) is 62.7 Å². The lowest BCUT2D eigenvalue weighted by Gasteiger charge is -2.10. The van der Waals surface area contributed by atoms with E-state index in [1.54, 1.807) is 13.2 Å². The molecule has 0 aliphatic rings. The average Bonchev–Trinajstić information content (AvgIpc) is 2.44. The molecule has 0 saturated carbocycles. The van der Waals surface area contributed by atoms with E-state index in [9.17, 15) is 0 Å². The number of alkyl halides is 3. The highest BCUT2D eigenvalue weighted by atomic mass is 80.0. The Morgan fingerprint density at radius 1 is 1.05 bits per heavy atom. The van der Waals surface area contributed by atoms with E-state index in [1.807, 2.05) is 30.3 Å². The Kier molecular flexibility index (Phi) is 5.34. The maximum atomic E-state index is 5.69. The summed E-state index contributed by atoms with van der Waals surface area (Å²) in [6, 6.07) is 7.63. The van der Waals surface area contributed by atoms with E-state index in [0.717, 1.165) is 11.3 Å². The van der Waals surface area contributed by atoms with Gasteiger partial charge in [0.15, 0.2) is 13.8 Å². The van der Waals surface area contributed by atoms with Crippen molar-refractivity contribution in [2.75, 3.05) is 12.8 Å². The van der Waals surface area contributed by atoms with Gasteiger partial charge in [0.2, 0.25) is 5.95 Å². The molecular formula is C13H11Br3N4O. The first-order chi connectivity index (χ1) is 9.88. The summed E-state index contributed by atoms with van der Waals surface area (Å²) >= 11 is 10.1. The summed E-state index contributed by atoms with van der Waals surface area (Å²) in [7, 11) is 1.63. The molecule has 5 nitrogen and oxygen atoms in total. The summed E-state index contributed by atoms with van der Waals surface area (Å²) in [5.41, 5.74) is 6.69. The van der Waals surface area contributed by atoms with Crippen molar-refractivity contribution in [1.29, 1.82) is 0 Å².